The van der Waals surface area contributed by atoms with E-state index in [0.717, 1.165) is 49.6 Å². The molecule has 1 aliphatic rings. The molecular formula is C19H25N5O. The summed E-state index contributed by atoms with van der Waals surface area (Å²) in [4.78, 5) is 25.7. The average Bonchev–Trinajstić information content (AvgIpc) is 2.82. The molecule has 3 rings (SSSR count). The highest BCUT2D eigenvalue weighted by molar-refractivity contribution is 5.95. The van der Waals surface area contributed by atoms with Crippen LogP contribution in [-0.2, 0) is 6.54 Å². The molecule has 3 heterocycles. The molecule has 2 N–H and O–H groups in total. The Morgan fingerprint density at radius 1 is 1.16 bits per heavy atom. The van der Waals surface area contributed by atoms with Crippen molar-refractivity contribution in [2.45, 2.75) is 26.8 Å². The molecular weight excluding hydrogens is 314 g/mol. The van der Waals surface area contributed by atoms with Crippen LogP contribution in [0.25, 0.3) is 0 Å². The zero-order chi connectivity index (χ0) is 17.8. The third-order valence-corrected chi connectivity index (χ3v) is 4.65. The van der Waals surface area contributed by atoms with Gasteiger partial charge in [0.05, 0.1) is 11.3 Å². The molecule has 0 radical (unpaired) electrons. The van der Waals surface area contributed by atoms with Gasteiger partial charge in [0, 0.05) is 50.2 Å². The Bertz CT molecular complexity index is 761. The summed E-state index contributed by atoms with van der Waals surface area (Å²) in [7, 11) is 0. The Labute approximate surface area is 148 Å². The van der Waals surface area contributed by atoms with Crippen LogP contribution in [0.3, 0.4) is 0 Å². The first-order valence-electron chi connectivity index (χ1n) is 8.70. The minimum Gasteiger partial charge on any atom is -0.383 e. The van der Waals surface area contributed by atoms with E-state index in [2.05, 4.69) is 14.9 Å². The molecule has 0 unspecified atom stereocenters. The van der Waals surface area contributed by atoms with Crippen molar-refractivity contribution in [2.75, 3.05) is 31.9 Å². The van der Waals surface area contributed by atoms with Gasteiger partial charge in [-0.3, -0.25) is 14.7 Å². The zero-order valence-electron chi connectivity index (χ0n) is 14.9. The molecule has 0 bridgehead atoms. The van der Waals surface area contributed by atoms with Crippen molar-refractivity contribution in [3.63, 3.8) is 0 Å². The minimum absolute atomic E-state index is 0.0766. The number of carbonyl (C=O) groups excluding carboxylic acids is 1. The topological polar surface area (TPSA) is 75.4 Å². The Morgan fingerprint density at radius 3 is 2.76 bits per heavy atom. The highest BCUT2D eigenvalue weighted by Crippen LogP contribution is 2.15. The highest BCUT2D eigenvalue weighted by Gasteiger charge is 2.22. The molecule has 1 aliphatic heterocycles. The summed E-state index contributed by atoms with van der Waals surface area (Å²) in [6.07, 6.45) is 2.66. The molecule has 0 aliphatic carbocycles. The van der Waals surface area contributed by atoms with Crippen molar-refractivity contribution in [1.29, 1.82) is 0 Å². The average molecular weight is 339 g/mol. The van der Waals surface area contributed by atoms with Crippen LogP contribution in [0.1, 0.15) is 33.7 Å². The highest BCUT2D eigenvalue weighted by atomic mass is 16.2. The van der Waals surface area contributed by atoms with Crippen LogP contribution < -0.4 is 5.73 Å². The van der Waals surface area contributed by atoms with Gasteiger partial charge >= 0.3 is 0 Å². The van der Waals surface area contributed by atoms with Gasteiger partial charge < -0.3 is 10.6 Å². The van der Waals surface area contributed by atoms with Crippen LogP contribution in [-0.4, -0.2) is 51.9 Å². The summed E-state index contributed by atoms with van der Waals surface area (Å²) in [5, 5.41) is 0. The molecule has 1 saturated heterocycles. The van der Waals surface area contributed by atoms with Crippen LogP contribution in [0.4, 0.5) is 5.82 Å². The van der Waals surface area contributed by atoms with Gasteiger partial charge in [0.2, 0.25) is 0 Å². The lowest BCUT2D eigenvalue weighted by Crippen LogP contribution is -2.35. The Morgan fingerprint density at radius 2 is 2.00 bits per heavy atom. The van der Waals surface area contributed by atoms with E-state index in [1.165, 1.54) is 0 Å². The number of rotatable bonds is 3. The van der Waals surface area contributed by atoms with Crippen molar-refractivity contribution < 1.29 is 4.79 Å². The maximum Gasteiger partial charge on any atom is 0.255 e. The number of pyridine rings is 2. The maximum absolute atomic E-state index is 12.8. The first-order valence-corrected chi connectivity index (χ1v) is 8.70. The molecule has 1 fully saturated rings. The number of nitrogens with two attached hydrogens (primary N) is 1. The van der Waals surface area contributed by atoms with E-state index in [1.807, 2.05) is 43.0 Å². The van der Waals surface area contributed by atoms with E-state index >= 15 is 0 Å². The fraction of sp³-hybridized carbons (Fsp3) is 0.421. The fourth-order valence-corrected chi connectivity index (χ4v) is 3.24. The lowest BCUT2D eigenvalue weighted by Gasteiger charge is -2.23. The molecule has 0 atom stereocenters. The van der Waals surface area contributed by atoms with Gasteiger partial charge in [-0.1, -0.05) is 6.07 Å². The van der Waals surface area contributed by atoms with Gasteiger partial charge in [0.1, 0.15) is 5.82 Å². The standard InChI is InChI=1S/C19H25N5O/c1-14-6-7-17(15(2)22-14)19(25)24-10-4-9-23(11-12-24)13-16-5-3-8-21-18(16)20/h3,5-8H,4,9-13H2,1-2H3,(H2,20,21). The lowest BCUT2D eigenvalue weighted by atomic mass is 10.1. The predicted octanol–water partition coefficient (Wildman–Crippen LogP) is 2.02. The summed E-state index contributed by atoms with van der Waals surface area (Å²) in [5.74, 6) is 0.661. The minimum atomic E-state index is 0.0766. The number of hydrogen-bond donors (Lipinski definition) is 1. The van der Waals surface area contributed by atoms with Crippen LogP contribution in [0.5, 0.6) is 0 Å². The first kappa shape index (κ1) is 17.4. The van der Waals surface area contributed by atoms with E-state index in [1.54, 1.807) is 6.20 Å². The first-order chi connectivity index (χ1) is 12.0. The lowest BCUT2D eigenvalue weighted by molar-refractivity contribution is 0.0760. The van der Waals surface area contributed by atoms with Crippen molar-refractivity contribution in [1.82, 2.24) is 19.8 Å². The molecule has 2 aromatic heterocycles. The Kier molecular flexibility index (Phi) is 5.28. The van der Waals surface area contributed by atoms with Gasteiger partial charge in [-0.15, -0.1) is 0 Å². The second-order valence-corrected chi connectivity index (χ2v) is 6.56. The number of amides is 1. The zero-order valence-corrected chi connectivity index (χ0v) is 14.9. The monoisotopic (exact) mass is 339 g/mol. The molecule has 0 aromatic carbocycles. The van der Waals surface area contributed by atoms with E-state index in [-0.39, 0.29) is 5.91 Å². The summed E-state index contributed by atoms with van der Waals surface area (Å²) < 4.78 is 0. The second-order valence-electron chi connectivity index (χ2n) is 6.56. The summed E-state index contributed by atoms with van der Waals surface area (Å²) in [5.41, 5.74) is 9.43. The van der Waals surface area contributed by atoms with Gasteiger partial charge in [-0.2, -0.15) is 0 Å². The number of aryl methyl sites for hydroxylation is 2. The normalized spacial score (nSPS) is 15.8. The molecule has 0 spiro atoms. The fourth-order valence-electron chi connectivity index (χ4n) is 3.24. The van der Waals surface area contributed by atoms with E-state index < -0.39 is 0 Å². The van der Waals surface area contributed by atoms with Crippen LogP contribution in [0.15, 0.2) is 30.5 Å². The number of nitrogens with zero attached hydrogens (tertiary/aromatic N) is 4. The largest absolute Gasteiger partial charge is 0.383 e. The molecule has 25 heavy (non-hydrogen) atoms. The number of hydrogen-bond acceptors (Lipinski definition) is 5. The van der Waals surface area contributed by atoms with E-state index in [9.17, 15) is 4.79 Å². The van der Waals surface area contributed by atoms with Crippen LogP contribution >= 0.6 is 0 Å². The summed E-state index contributed by atoms with van der Waals surface area (Å²) in [6, 6.07) is 7.71. The second kappa shape index (κ2) is 7.61. The quantitative estimate of drug-likeness (QED) is 0.926. The number of nitrogen functional groups attached to an aromatic ring is 1. The third kappa shape index (κ3) is 4.14. The third-order valence-electron chi connectivity index (χ3n) is 4.65. The number of anilines is 1. The van der Waals surface area contributed by atoms with E-state index in [0.29, 0.717) is 17.9 Å². The maximum atomic E-state index is 12.8. The molecule has 1 amide bonds. The van der Waals surface area contributed by atoms with Gasteiger partial charge in [-0.05, 0) is 38.5 Å². The van der Waals surface area contributed by atoms with Crippen molar-refractivity contribution in [3.8, 4) is 0 Å². The molecule has 2 aromatic rings. The predicted molar refractivity (Wildman–Crippen MR) is 98.2 cm³/mol. The smallest absolute Gasteiger partial charge is 0.255 e. The Balaban J connectivity index is 1.65. The van der Waals surface area contributed by atoms with Crippen molar-refractivity contribution in [3.05, 3.63) is 53.0 Å². The van der Waals surface area contributed by atoms with E-state index in [4.69, 9.17) is 5.73 Å². The SMILES string of the molecule is Cc1ccc(C(=O)N2CCCN(Cc3cccnc3N)CC2)c(C)n1. The van der Waals surface area contributed by atoms with Crippen molar-refractivity contribution in [2.24, 2.45) is 0 Å². The molecule has 0 saturated carbocycles. The number of aromatic nitrogens is 2. The van der Waals surface area contributed by atoms with Crippen LogP contribution in [0, 0.1) is 13.8 Å². The summed E-state index contributed by atoms with van der Waals surface area (Å²) >= 11 is 0. The van der Waals surface area contributed by atoms with Crippen LogP contribution in [0.2, 0.25) is 0 Å². The van der Waals surface area contributed by atoms with Gasteiger partial charge in [-0.25, -0.2) is 4.98 Å². The summed E-state index contributed by atoms with van der Waals surface area (Å²) in [6.45, 7) is 7.87. The van der Waals surface area contributed by atoms with Gasteiger partial charge in [0.25, 0.3) is 5.91 Å². The molecule has 132 valence electrons. The van der Waals surface area contributed by atoms with Gasteiger partial charge in [0.15, 0.2) is 0 Å². The Hall–Kier alpha value is -2.47. The molecule has 6 heteroatoms. The molecule has 6 nitrogen and oxygen atoms in total. The van der Waals surface area contributed by atoms with Crippen molar-refractivity contribution >= 4 is 11.7 Å². The number of carbonyl (C=O) groups is 1.